The summed E-state index contributed by atoms with van der Waals surface area (Å²) in [6.45, 7) is 3.94. The first-order chi connectivity index (χ1) is 8.01. The first kappa shape index (κ1) is 14.5. The fraction of sp³-hybridized carbons (Fsp3) is 0.538. The molecule has 1 rings (SSSR count). The average molecular weight is 275 g/mol. The van der Waals surface area contributed by atoms with Crippen LogP contribution in [0.15, 0.2) is 29.2 Å². The van der Waals surface area contributed by atoms with Crippen LogP contribution in [-0.2, 0) is 9.84 Å². The van der Waals surface area contributed by atoms with Crippen LogP contribution in [0.2, 0.25) is 0 Å². The van der Waals surface area contributed by atoms with E-state index in [1.54, 1.807) is 12.1 Å². The number of hydrogen-bond donors (Lipinski definition) is 0. The summed E-state index contributed by atoms with van der Waals surface area (Å²) in [5, 5.41) is 0. The van der Waals surface area contributed by atoms with Gasteiger partial charge in [0.1, 0.15) is 0 Å². The Labute approximate surface area is 109 Å². The molecular formula is C13H19ClO2S. The maximum absolute atomic E-state index is 11.9. The molecule has 0 radical (unpaired) electrons. The molecule has 0 bridgehead atoms. The molecule has 0 aliphatic heterocycles. The van der Waals surface area contributed by atoms with Crippen LogP contribution in [0.1, 0.15) is 38.2 Å². The standard InChI is InChI=1S/C13H19ClO2S/c1-3-9-17(15,16)13-6-4-5-12(10-13)11(2)7-8-14/h4-6,10-11H,3,7-9H2,1-2H3. The molecule has 4 heteroatoms. The molecule has 0 aliphatic rings. The molecule has 0 saturated heterocycles. The molecule has 0 saturated carbocycles. The van der Waals surface area contributed by atoms with Crippen LogP contribution in [0, 0.1) is 0 Å². The molecule has 0 amide bonds. The minimum Gasteiger partial charge on any atom is -0.224 e. The molecule has 96 valence electrons. The Morgan fingerprint density at radius 2 is 2.06 bits per heavy atom. The fourth-order valence-corrected chi connectivity index (χ4v) is 3.43. The van der Waals surface area contributed by atoms with Gasteiger partial charge in [-0.15, -0.1) is 11.6 Å². The summed E-state index contributed by atoms with van der Waals surface area (Å²) >= 11 is 5.71. The van der Waals surface area contributed by atoms with Gasteiger partial charge < -0.3 is 0 Å². The van der Waals surface area contributed by atoms with E-state index < -0.39 is 9.84 Å². The second-order valence-corrected chi connectivity index (χ2v) is 6.76. The minimum absolute atomic E-state index is 0.209. The van der Waals surface area contributed by atoms with Gasteiger partial charge in [-0.1, -0.05) is 26.0 Å². The molecule has 0 aromatic heterocycles. The number of hydrogen-bond acceptors (Lipinski definition) is 2. The lowest BCUT2D eigenvalue weighted by atomic mass is 9.99. The Morgan fingerprint density at radius 3 is 2.65 bits per heavy atom. The molecule has 0 fully saturated rings. The zero-order valence-corrected chi connectivity index (χ0v) is 11.9. The summed E-state index contributed by atoms with van der Waals surface area (Å²) in [6, 6.07) is 7.22. The van der Waals surface area contributed by atoms with Crippen LogP contribution in [0.4, 0.5) is 0 Å². The Balaban J connectivity index is 3.01. The van der Waals surface area contributed by atoms with Gasteiger partial charge in [0.15, 0.2) is 9.84 Å². The molecule has 0 heterocycles. The summed E-state index contributed by atoms with van der Waals surface area (Å²) in [7, 11) is -3.11. The SMILES string of the molecule is CCCS(=O)(=O)c1cccc(C(C)CCCl)c1. The van der Waals surface area contributed by atoms with Gasteiger partial charge in [-0.3, -0.25) is 0 Å². The summed E-state index contributed by atoms with van der Waals surface area (Å²) in [6.07, 6.45) is 1.50. The lowest BCUT2D eigenvalue weighted by molar-refractivity contribution is 0.594. The highest BCUT2D eigenvalue weighted by Gasteiger charge is 2.14. The topological polar surface area (TPSA) is 34.1 Å². The van der Waals surface area contributed by atoms with Gasteiger partial charge in [0.2, 0.25) is 0 Å². The third kappa shape index (κ3) is 4.00. The Bertz CT molecular complexity index is 454. The van der Waals surface area contributed by atoms with Crippen LogP contribution in [-0.4, -0.2) is 20.1 Å². The third-order valence-corrected chi connectivity index (χ3v) is 4.94. The summed E-state index contributed by atoms with van der Waals surface area (Å²) in [4.78, 5) is 0.429. The number of sulfone groups is 1. The van der Waals surface area contributed by atoms with E-state index in [9.17, 15) is 8.42 Å². The molecule has 1 unspecified atom stereocenters. The number of benzene rings is 1. The second kappa shape index (κ2) is 6.41. The number of halogens is 1. The maximum Gasteiger partial charge on any atom is 0.178 e. The van der Waals surface area contributed by atoms with E-state index in [2.05, 4.69) is 6.92 Å². The van der Waals surface area contributed by atoms with E-state index in [1.165, 1.54) is 0 Å². The molecule has 0 aliphatic carbocycles. The lowest BCUT2D eigenvalue weighted by Gasteiger charge is -2.11. The van der Waals surface area contributed by atoms with E-state index >= 15 is 0 Å². The van der Waals surface area contributed by atoms with Gasteiger partial charge in [-0.25, -0.2) is 8.42 Å². The highest BCUT2D eigenvalue weighted by atomic mass is 35.5. The first-order valence-corrected chi connectivity index (χ1v) is 8.08. The van der Waals surface area contributed by atoms with Crippen molar-refractivity contribution in [3.8, 4) is 0 Å². The van der Waals surface area contributed by atoms with E-state index in [1.807, 2.05) is 19.1 Å². The Hall–Kier alpha value is -0.540. The van der Waals surface area contributed by atoms with Crippen molar-refractivity contribution in [2.75, 3.05) is 11.6 Å². The molecule has 1 aromatic rings. The van der Waals surface area contributed by atoms with Crippen LogP contribution < -0.4 is 0 Å². The van der Waals surface area contributed by atoms with Gasteiger partial charge in [0.05, 0.1) is 10.6 Å². The molecule has 1 atom stereocenters. The largest absolute Gasteiger partial charge is 0.224 e. The van der Waals surface area contributed by atoms with Crippen molar-refractivity contribution >= 4 is 21.4 Å². The van der Waals surface area contributed by atoms with Crippen molar-refractivity contribution < 1.29 is 8.42 Å². The van der Waals surface area contributed by atoms with Gasteiger partial charge in [0.25, 0.3) is 0 Å². The summed E-state index contributed by atoms with van der Waals surface area (Å²) in [5.74, 6) is 1.09. The monoisotopic (exact) mass is 274 g/mol. The van der Waals surface area contributed by atoms with Crippen molar-refractivity contribution in [2.24, 2.45) is 0 Å². The summed E-state index contributed by atoms with van der Waals surface area (Å²) in [5.41, 5.74) is 1.04. The van der Waals surface area contributed by atoms with Crippen molar-refractivity contribution in [3.63, 3.8) is 0 Å². The predicted molar refractivity (Wildman–Crippen MR) is 72.5 cm³/mol. The average Bonchev–Trinajstić information content (AvgIpc) is 2.29. The Kier molecular flexibility index (Phi) is 5.47. The quantitative estimate of drug-likeness (QED) is 0.743. The van der Waals surface area contributed by atoms with Crippen LogP contribution in [0.25, 0.3) is 0 Å². The third-order valence-electron chi connectivity index (χ3n) is 2.80. The van der Waals surface area contributed by atoms with Crippen molar-refractivity contribution in [1.29, 1.82) is 0 Å². The predicted octanol–water partition coefficient (Wildman–Crippen LogP) is 3.60. The van der Waals surface area contributed by atoms with Gasteiger partial charge >= 0.3 is 0 Å². The van der Waals surface area contributed by atoms with E-state index in [4.69, 9.17) is 11.6 Å². The van der Waals surface area contributed by atoms with Gasteiger partial charge in [0, 0.05) is 5.88 Å². The number of alkyl halides is 1. The molecule has 17 heavy (non-hydrogen) atoms. The molecule has 0 spiro atoms. The Morgan fingerprint density at radius 1 is 1.35 bits per heavy atom. The molecule has 2 nitrogen and oxygen atoms in total. The second-order valence-electron chi connectivity index (χ2n) is 4.27. The zero-order chi connectivity index (χ0) is 12.9. The van der Waals surface area contributed by atoms with E-state index in [-0.39, 0.29) is 5.75 Å². The van der Waals surface area contributed by atoms with Crippen LogP contribution in [0.3, 0.4) is 0 Å². The van der Waals surface area contributed by atoms with E-state index in [0.29, 0.717) is 23.1 Å². The summed E-state index contributed by atoms with van der Waals surface area (Å²) < 4.78 is 23.9. The van der Waals surface area contributed by atoms with Crippen molar-refractivity contribution in [3.05, 3.63) is 29.8 Å². The van der Waals surface area contributed by atoms with Gasteiger partial charge in [-0.2, -0.15) is 0 Å². The molecular weight excluding hydrogens is 256 g/mol. The number of rotatable bonds is 6. The van der Waals surface area contributed by atoms with Crippen LogP contribution in [0.5, 0.6) is 0 Å². The smallest absolute Gasteiger partial charge is 0.178 e. The van der Waals surface area contributed by atoms with E-state index in [0.717, 1.165) is 12.0 Å². The van der Waals surface area contributed by atoms with Crippen LogP contribution >= 0.6 is 11.6 Å². The normalized spacial score (nSPS) is 13.6. The maximum atomic E-state index is 11.9. The lowest BCUT2D eigenvalue weighted by Crippen LogP contribution is -2.07. The van der Waals surface area contributed by atoms with Crippen molar-refractivity contribution in [1.82, 2.24) is 0 Å². The first-order valence-electron chi connectivity index (χ1n) is 5.90. The fourth-order valence-electron chi connectivity index (χ4n) is 1.73. The zero-order valence-electron chi connectivity index (χ0n) is 10.3. The molecule has 1 aromatic carbocycles. The molecule has 0 N–H and O–H groups in total. The minimum atomic E-state index is -3.11. The van der Waals surface area contributed by atoms with Crippen molar-refractivity contribution in [2.45, 2.75) is 37.5 Å². The highest BCUT2D eigenvalue weighted by Crippen LogP contribution is 2.23. The van der Waals surface area contributed by atoms with Gasteiger partial charge in [-0.05, 0) is 36.5 Å². The highest BCUT2D eigenvalue weighted by molar-refractivity contribution is 7.91.